The van der Waals surface area contributed by atoms with Crippen LogP contribution in [0.15, 0.2) is 0 Å². The number of rotatable bonds is 25. The van der Waals surface area contributed by atoms with Gasteiger partial charge in [0, 0.05) is 0 Å². The molecule has 0 saturated carbocycles. The minimum atomic E-state index is -1.90. The van der Waals surface area contributed by atoms with Crippen LogP contribution >= 0.6 is 12.6 Å². The standard InChI is InChI=1S/C32H72P2/c1-9-17-25-33(26-18-10-2,27-19-11-3,28-20-12-4)34(29-21-13-5,30-22-14-6,31-23-15-7)32-24-16-8/h9-32H2,1-8H3. The van der Waals surface area contributed by atoms with Crippen molar-refractivity contribution in [3.8, 4) is 0 Å². The van der Waals surface area contributed by atoms with Crippen LogP contribution < -0.4 is 0 Å². The molecule has 0 fully saturated rings. The zero-order chi connectivity index (χ0) is 25.9. The van der Waals surface area contributed by atoms with Gasteiger partial charge in [0.2, 0.25) is 0 Å². The first-order valence-electron chi connectivity index (χ1n) is 16.4. The van der Waals surface area contributed by atoms with Gasteiger partial charge in [0.25, 0.3) is 0 Å². The van der Waals surface area contributed by atoms with Crippen molar-refractivity contribution < 1.29 is 0 Å². The molecule has 0 atom stereocenters. The summed E-state index contributed by atoms with van der Waals surface area (Å²) in [5.74, 6) is 0. The molecular formula is C32H72P2. The van der Waals surface area contributed by atoms with Crippen molar-refractivity contribution in [2.45, 2.75) is 158 Å². The molecule has 0 unspecified atom stereocenters. The number of hydrogen-bond donors (Lipinski definition) is 0. The van der Waals surface area contributed by atoms with E-state index in [0.29, 0.717) is 0 Å². The summed E-state index contributed by atoms with van der Waals surface area (Å²) in [4.78, 5) is 0. The first kappa shape index (κ1) is 34.9. The predicted octanol–water partition coefficient (Wildman–Crippen LogP) is 12.4. The van der Waals surface area contributed by atoms with Gasteiger partial charge in [-0.25, -0.2) is 0 Å². The maximum atomic E-state index is 2.50. The molecule has 0 nitrogen and oxygen atoms in total. The summed E-state index contributed by atoms with van der Waals surface area (Å²) in [6.45, 7) is 20.0. The molecule has 0 aliphatic carbocycles. The first-order valence-corrected chi connectivity index (χ1v) is 23.0. The second kappa shape index (κ2) is 18.2. The van der Waals surface area contributed by atoms with Gasteiger partial charge in [-0.15, -0.1) is 0 Å². The van der Waals surface area contributed by atoms with Crippen LogP contribution in [-0.4, -0.2) is 49.3 Å². The fourth-order valence-corrected chi connectivity index (χ4v) is 41.3. The Hall–Kier alpha value is 0.860. The van der Waals surface area contributed by atoms with E-state index in [2.05, 4.69) is 55.4 Å². The van der Waals surface area contributed by atoms with Crippen molar-refractivity contribution in [2.75, 3.05) is 49.3 Å². The Morgan fingerprint density at radius 3 is 0.441 bits per heavy atom. The third-order valence-corrected chi connectivity index (χ3v) is 39.6. The second-order valence-electron chi connectivity index (χ2n) is 12.4. The van der Waals surface area contributed by atoms with E-state index in [9.17, 15) is 0 Å². The van der Waals surface area contributed by atoms with E-state index in [1.807, 2.05) is 0 Å². The Bertz CT molecular complexity index is 352. The maximum absolute atomic E-state index is 2.50. The molecule has 0 rings (SSSR count). The SMILES string of the molecule is CCCCP(CCCC)(CCCC)(CCCC)P(CCCC)(CCCC)(CCCC)CCCC. The van der Waals surface area contributed by atoms with Crippen molar-refractivity contribution in [3.05, 3.63) is 0 Å². The van der Waals surface area contributed by atoms with Crippen molar-refractivity contribution >= 4 is 12.6 Å². The molecule has 0 saturated heterocycles. The summed E-state index contributed by atoms with van der Waals surface area (Å²) in [5, 5.41) is 0. The summed E-state index contributed by atoms with van der Waals surface area (Å²) < 4.78 is 0. The molecular weight excluding hydrogens is 446 g/mol. The van der Waals surface area contributed by atoms with Crippen LogP contribution in [0.4, 0.5) is 0 Å². The quantitative estimate of drug-likeness (QED) is 0.105. The van der Waals surface area contributed by atoms with E-state index in [1.54, 1.807) is 49.3 Å². The molecule has 0 aromatic carbocycles. The van der Waals surface area contributed by atoms with Gasteiger partial charge in [-0.2, -0.15) is 0 Å². The van der Waals surface area contributed by atoms with E-state index in [0.717, 1.165) is 0 Å². The molecule has 0 heterocycles. The Morgan fingerprint density at radius 2 is 0.353 bits per heavy atom. The van der Waals surface area contributed by atoms with Gasteiger partial charge in [0.1, 0.15) is 0 Å². The summed E-state index contributed by atoms with van der Waals surface area (Å²) >= 11 is 0. The number of unbranched alkanes of at least 4 members (excludes halogenated alkanes) is 8. The molecule has 2 heteroatoms. The summed E-state index contributed by atoms with van der Waals surface area (Å²) in [7, 11) is 0. The molecule has 0 N–H and O–H groups in total. The van der Waals surface area contributed by atoms with E-state index in [-0.39, 0.29) is 0 Å². The summed E-state index contributed by atoms with van der Waals surface area (Å²) in [6.07, 6.45) is 33.3. The Balaban J connectivity index is 7.64. The van der Waals surface area contributed by atoms with Crippen LogP contribution in [0.25, 0.3) is 0 Å². The zero-order valence-corrected chi connectivity index (χ0v) is 27.7. The van der Waals surface area contributed by atoms with Gasteiger partial charge in [0.05, 0.1) is 0 Å². The molecule has 0 aliphatic heterocycles. The fourth-order valence-electron chi connectivity index (χ4n) is 8.12. The average molecular weight is 519 g/mol. The molecule has 34 heavy (non-hydrogen) atoms. The van der Waals surface area contributed by atoms with Crippen LogP contribution in [0.1, 0.15) is 158 Å². The van der Waals surface area contributed by atoms with Crippen LogP contribution in [0, 0.1) is 0 Å². The Kier molecular flexibility index (Phi) is 18.6. The van der Waals surface area contributed by atoms with E-state index >= 15 is 0 Å². The predicted molar refractivity (Wildman–Crippen MR) is 172 cm³/mol. The van der Waals surface area contributed by atoms with Crippen molar-refractivity contribution in [3.63, 3.8) is 0 Å². The fraction of sp³-hybridized carbons (Fsp3) is 1.00. The van der Waals surface area contributed by atoms with Crippen LogP contribution in [0.5, 0.6) is 0 Å². The van der Waals surface area contributed by atoms with Gasteiger partial charge in [0.15, 0.2) is 0 Å². The molecule has 0 aromatic rings. The molecule has 0 spiro atoms. The zero-order valence-electron chi connectivity index (χ0n) is 25.9. The van der Waals surface area contributed by atoms with E-state index < -0.39 is 12.6 Å². The monoisotopic (exact) mass is 519 g/mol. The normalized spacial score (nSPS) is 15.1. The second-order valence-corrected chi connectivity index (χ2v) is 30.4. The molecule has 0 aromatic heterocycles. The summed E-state index contributed by atoms with van der Waals surface area (Å²) in [5.41, 5.74) is 0. The van der Waals surface area contributed by atoms with Crippen LogP contribution in [0.2, 0.25) is 0 Å². The van der Waals surface area contributed by atoms with Gasteiger partial charge in [-0.1, -0.05) is 0 Å². The topological polar surface area (TPSA) is 0 Å². The van der Waals surface area contributed by atoms with Crippen molar-refractivity contribution in [1.29, 1.82) is 0 Å². The van der Waals surface area contributed by atoms with Gasteiger partial charge in [-0.05, 0) is 0 Å². The van der Waals surface area contributed by atoms with Gasteiger partial charge < -0.3 is 0 Å². The van der Waals surface area contributed by atoms with Crippen LogP contribution in [-0.2, 0) is 0 Å². The van der Waals surface area contributed by atoms with E-state index in [4.69, 9.17) is 0 Å². The minimum absolute atomic E-state index is 1.41. The Morgan fingerprint density at radius 1 is 0.235 bits per heavy atom. The molecule has 0 aliphatic rings. The van der Waals surface area contributed by atoms with E-state index in [1.165, 1.54) is 103 Å². The summed E-state index contributed by atoms with van der Waals surface area (Å²) in [6, 6.07) is 0. The molecule has 0 amide bonds. The first-order chi connectivity index (χ1) is 16.4. The third-order valence-electron chi connectivity index (χ3n) is 10.3. The van der Waals surface area contributed by atoms with Crippen molar-refractivity contribution in [2.24, 2.45) is 0 Å². The molecule has 210 valence electrons. The molecule has 0 radical (unpaired) electrons. The van der Waals surface area contributed by atoms with Gasteiger partial charge >= 0.3 is 220 Å². The third kappa shape index (κ3) is 7.93. The van der Waals surface area contributed by atoms with Crippen molar-refractivity contribution in [1.82, 2.24) is 0 Å². The number of hydrogen-bond acceptors (Lipinski definition) is 0. The van der Waals surface area contributed by atoms with Gasteiger partial charge in [-0.3, -0.25) is 0 Å². The van der Waals surface area contributed by atoms with Crippen LogP contribution in [0.3, 0.4) is 0 Å². The molecule has 0 bridgehead atoms. The Labute approximate surface area is 219 Å². The average Bonchev–Trinajstić information content (AvgIpc) is 2.87.